The van der Waals surface area contributed by atoms with Crippen LogP contribution in [0, 0.1) is 34.3 Å². The Kier molecular flexibility index (Phi) is 2.99. The fourth-order valence-corrected chi connectivity index (χ4v) is 5.47. The van der Waals surface area contributed by atoms with Crippen LogP contribution in [0.4, 0.5) is 8.78 Å². The largest absolute Gasteiger partial charge is 0.392 e. The molecule has 5 atom stereocenters. The summed E-state index contributed by atoms with van der Waals surface area (Å²) < 4.78 is 33.7. The number of aliphatic hydroxyl groups is 1. The lowest BCUT2D eigenvalue weighted by molar-refractivity contribution is -0.165. The lowest BCUT2D eigenvalue weighted by atomic mass is 9.60. The van der Waals surface area contributed by atoms with Crippen LogP contribution in [0.2, 0.25) is 0 Å². The van der Waals surface area contributed by atoms with E-state index < -0.39 is 23.8 Å². The average Bonchev–Trinajstić information content (AvgIpc) is 2.97. The molecule has 0 aromatic heterocycles. The van der Waals surface area contributed by atoms with Gasteiger partial charge in [0.1, 0.15) is 0 Å². The van der Waals surface area contributed by atoms with E-state index in [1.807, 2.05) is 0 Å². The van der Waals surface area contributed by atoms with E-state index in [-0.39, 0.29) is 16.7 Å². The molecule has 2 nitrogen and oxygen atoms in total. The highest BCUT2D eigenvalue weighted by atomic mass is 19.2. The summed E-state index contributed by atoms with van der Waals surface area (Å²) >= 11 is 0. The summed E-state index contributed by atoms with van der Waals surface area (Å²) in [6.07, 6.45) is 1.87. The molecule has 22 heavy (non-hydrogen) atoms. The monoisotopic (exact) mass is 308 g/mol. The van der Waals surface area contributed by atoms with Gasteiger partial charge in [-0.3, -0.25) is 0 Å². The maximum atomic E-state index is 14.2. The first-order chi connectivity index (χ1) is 10.4. The minimum atomic E-state index is -0.829. The van der Waals surface area contributed by atoms with Crippen LogP contribution < -0.4 is 0 Å². The molecule has 1 aromatic carbocycles. The van der Waals surface area contributed by atoms with Gasteiger partial charge in [-0.15, -0.1) is 0 Å². The van der Waals surface area contributed by atoms with Crippen molar-refractivity contribution in [1.82, 2.24) is 0 Å². The SMILES string of the molecule is CC1(C)[C@@H]2C[C@@H]3[C@@H](c4cccc(F)c4F)OCC[C@@]3(C2)[C@@H]1O. The number of benzene rings is 1. The van der Waals surface area contributed by atoms with Gasteiger partial charge < -0.3 is 9.84 Å². The van der Waals surface area contributed by atoms with Gasteiger partial charge in [0.25, 0.3) is 0 Å². The predicted octanol–water partition coefficient (Wildman–Crippen LogP) is 3.84. The van der Waals surface area contributed by atoms with E-state index in [9.17, 15) is 13.9 Å². The maximum absolute atomic E-state index is 14.2. The van der Waals surface area contributed by atoms with Gasteiger partial charge in [0.15, 0.2) is 11.6 Å². The third-order valence-electron chi connectivity index (χ3n) is 6.72. The zero-order chi connectivity index (χ0) is 15.7. The van der Waals surface area contributed by atoms with E-state index in [0.717, 1.165) is 25.3 Å². The molecule has 2 saturated carbocycles. The molecule has 0 amide bonds. The fraction of sp³-hybridized carbons (Fsp3) is 0.667. The van der Waals surface area contributed by atoms with Gasteiger partial charge in [-0.2, -0.15) is 0 Å². The van der Waals surface area contributed by atoms with Crippen molar-refractivity contribution in [1.29, 1.82) is 0 Å². The van der Waals surface area contributed by atoms with Crippen molar-refractivity contribution in [2.24, 2.45) is 22.7 Å². The number of hydrogen-bond acceptors (Lipinski definition) is 2. The Hall–Kier alpha value is -1.00. The summed E-state index contributed by atoms with van der Waals surface area (Å²) in [5, 5.41) is 10.9. The van der Waals surface area contributed by atoms with Crippen LogP contribution in [0.1, 0.15) is 44.8 Å². The van der Waals surface area contributed by atoms with Crippen LogP contribution >= 0.6 is 0 Å². The van der Waals surface area contributed by atoms with E-state index in [1.54, 1.807) is 6.07 Å². The third-order valence-corrected chi connectivity index (χ3v) is 6.72. The average molecular weight is 308 g/mol. The molecule has 1 spiro atoms. The molecule has 0 radical (unpaired) electrons. The van der Waals surface area contributed by atoms with Gasteiger partial charge in [-0.25, -0.2) is 8.78 Å². The molecule has 3 aliphatic rings. The second-order valence-electron chi connectivity index (χ2n) is 7.88. The predicted molar refractivity (Wildman–Crippen MR) is 78.1 cm³/mol. The Bertz CT molecular complexity index is 615. The molecule has 1 heterocycles. The molecule has 3 fully saturated rings. The van der Waals surface area contributed by atoms with Crippen molar-refractivity contribution in [3.8, 4) is 0 Å². The van der Waals surface area contributed by atoms with Crippen LogP contribution in [0.15, 0.2) is 18.2 Å². The van der Waals surface area contributed by atoms with Crippen molar-refractivity contribution in [3.63, 3.8) is 0 Å². The first kappa shape index (κ1) is 14.6. The molecular formula is C18H22F2O2. The Labute approximate surface area is 129 Å². The molecule has 120 valence electrons. The molecule has 2 bridgehead atoms. The molecule has 1 aliphatic heterocycles. The summed E-state index contributed by atoms with van der Waals surface area (Å²) in [4.78, 5) is 0. The van der Waals surface area contributed by atoms with E-state index in [2.05, 4.69) is 13.8 Å². The second kappa shape index (κ2) is 4.51. The smallest absolute Gasteiger partial charge is 0.164 e. The van der Waals surface area contributed by atoms with Gasteiger partial charge in [0.05, 0.1) is 12.2 Å². The van der Waals surface area contributed by atoms with E-state index in [1.165, 1.54) is 6.07 Å². The maximum Gasteiger partial charge on any atom is 0.164 e. The second-order valence-corrected chi connectivity index (χ2v) is 7.88. The third kappa shape index (κ3) is 1.65. The Balaban J connectivity index is 1.75. The van der Waals surface area contributed by atoms with Crippen molar-refractivity contribution in [2.45, 2.75) is 45.3 Å². The zero-order valence-corrected chi connectivity index (χ0v) is 13.0. The van der Waals surface area contributed by atoms with Gasteiger partial charge in [0, 0.05) is 17.6 Å². The van der Waals surface area contributed by atoms with Gasteiger partial charge in [-0.05, 0) is 42.6 Å². The number of ether oxygens (including phenoxy) is 1. The molecular weight excluding hydrogens is 286 g/mol. The lowest BCUT2D eigenvalue weighted by Gasteiger charge is -2.51. The topological polar surface area (TPSA) is 29.5 Å². The normalized spacial score (nSPS) is 42.4. The van der Waals surface area contributed by atoms with Crippen molar-refractivity contribution < 1.29 is 18.6 Å². The Morgan fingerprint density at radius 2 is 2.05 bits per heavy atom. The van der Waals surface area contributed by atoms with Crippen molar-refractivity contribution in [2.75, 3.05) is 6.61 Å². The van der Waals surface area contributed by atoms with Crippen LogP contribution in [0.5, 0.6) is 0 Å². The molecule has 1 aromatic rings. The van der Waals surface area contributed by atoms with Crippen molar-refractivity contribution in [3.05, 3.63) is 35.4 Å². The molecule has 2 aliphatic carbocycles. The van der Waals surface area contributed by atoms with Crippen LogP contribution in [-0.4, -0.2) is 17.8 Å². The highest BCUT2D eigenvalue weighted by molar-refractivity contribution is 5.26. The summed E-state index contributed by atoms with van der Waals surface area (Å²) in [7, 11) is 0. The fourth-order valence-electron chi connectivity index (χ4n) is 5.47. The molecule has 4 heteroatoms. The first-order valence-corrected chi connectivity index (χ1v) is 8.11. The summed E-state index contributed by atoms with van der Waals surface area (Å²) in [6, 6.07) is 4.29. The summed E-state index contributed by atoms with van der Waals surface area (Å²) in [5.41, 5.74) is 0.0102. The molecule has 1 saturated heterocycles. The molecule has 1 N–H and O–H groups in total. The quantitative estimate of drug-likeness (QED) is 0.854. The van der Waals surface area contributed by atoms with Crippen LogP contribution in [-0.2, 0) is 4.74 Å². The summed E-state index contributed by atoms with van der Waals surface area (Å²) in [6.45, 7) is 4.75. The van der Waals surface area contributed by atoms with E-state index in [0.29, 0.717) is 18.1 Å². The zero-order valence-electron chi connectivity index (χ0n) is 13.0. The standard InChI is InChI=1S/C18H22F2O2/c1-17(2)10-8-12-15(11-4-3-5-13(19)14(11)20)22-7-6-18(12,9-10)16(17)21/h3-5,10,12,15-16,21H,6-9H2,1-2H3/t10-,12-,15-,16-,18+/m1/s1. The van der Waals surface area contributed by atoms with Gasteiger partial charge in [-0.1, -0.05) is 26.0 Å². The summed E-state index contributed by atoms with van der Waals surface area (Å²) in [5.74, 6) is -1.13. The van der Waals surface area contributed by atoms with Gasteiger partial charge >= 0.3 is 0 Å². The number of fused-ring (bicyclic) bond motifs is 1. The number of rotatable bonds is 1. The first-order valence-electron chi connectivity index (χ1n) is 8.11. The minimum Gasteiger partial charge on any atom is -0.392 e. The number of halogens is 2. The number of aliphatic hydroxyl groups excluding tert-OH is 1. The van der Waals surface area contributed by atoms with Gasteiger partial charge in [0.2, 0.25) is 0 Å². The van der Waals surface area contributed by atoms with E-state index >= 15 is 0 Å². The number of hydrogen-bond donors (Lipinski definition) is 1. The lowest BCUT2D eigenvalue weighted by Crippen LogP contribution is -2.51. The van der Waals surface area contributed by atoms with Crippen LogP contribution in [0.25, 0.3) is 0 Å². The molecule has 0 unspecified atom stereocenters. The van der Waals surface area contributed by atoms with Crippen LogP contribution in [0.3, 0.4) is 0 Å². The highest BCUT2D eigenvalue weighted by Gasteiger charge is 2.68. The van der Waals surface area contributed by atoms with Crippen molar-refractivity contribution >= 4 is 0 Å². The Morgan fingerprint density at radius 1 is 1.27 bits per heavy atom. The minimum absolute atomic E-state index is 0.0746. The van der Waals surface area contributed by atoms with E-state index in [4.69, 9.17) is 4.74 Å². The highest BCUT2D eigenvalue weighted by Crippen LogP contribution is 2.70. The molecule has 4 rings (SSSR count). The Morgan fingerprint density at radius 3 is 2.77 bits per heavy atom.